The average molecular weight is 155 g/mol. The maximum Gasteiger partial charge on any atom is -0.0323 e. The molecule has 0 N–H and O–H groups in total. The Bertz CT molecular complexity index is 97.1. The molecule has 0 fully saturated rings. The van der Waals surface area contributed by atoms with Crippen LogP contribution in [0.25, 0.3) is 0 Å². The summed E-state index contributed by atoms with van der Waals surface area (Å²) >= 11 is 0. The van der Waals surface area contributed by atoms with E-state index in [0.29, 0.717) is 0 Å². The predicted octanol–water partition coefficient (Wildman–Crippen LogP) is 3.92. The van der Waals surface area contributed by atoms with Gasteiger partial charge < -0.3 is 0 Å². The smallest absolute Gasteiger partial charge is 0.0323 e. The largest absolute Gasteiger partial charge is 0.0651 e. The first kappa shape index (κ1) is 11.0. The molecule has 11 heavy (non-hydrogen) atoms. The zero-order chi connectivity index (χ0) is 9.07. The van der Waals surface area contributed by atoms with Crippen molar-refractivity contribution in [3.8, 4) is 0 Å². The molecule has 0 bridgehead atoms. The standard InChI is InChI=1S/C11H23/c1-7-9(3)10(8-2)11(4,5)6/h9-10H,4,7-8H2,1-3,5-6H3. The zero-order valence-corrected chi connectivity index (χ0v) is 8.78. The van der Waals surface area contributed by atoms with Crippen LogP contribution >= 0.6 is 0 Å². The highest BCUT2D eigenvalue weighted by Gasteiger charge is 2.26. The van der Waals surface area contributed by atoms with E-state index >= 15 is 0 Å². The molecule has 67 valence electrons. The Morgan fingerprint density at radius 3 is 1.73 bits per heavy atom. The van der Waals surface area contributed by atoms with Gasteiger partial charge in [-0.25, -0.2) is 0 Å². The SMILES string of the molecule is [CH2]C(C)(C)C(CC)C(C)CC. The summed E-state index contributed by atoms with van der Waals surface area (Å²) in [6.07, 6.45) is 2.53. The van der Waals surface area contributed by atoms with Crippen molar-refractivity contribution in [3.63, 3.8) is 0 Å². The number of rotatable bonds is 4. The fourth-order valence-electron chi connectivity index (χ4n) is 2.01. The molecule has 0 spiro atoms. The van der Waals surface area contributed by atoms with Gasteiger partial charge in [0.05, 0.1) is 0 Å². The van der Waals surface area contributed by atoms with E-state index in [1.165, 1.54) is 12.8 Å². The fourth-order valence-corrected chi connectivity index (χ4v) is 2.01. The molecule has 0 aromatic heterocycles. The minimum absolute atomic E-state index is 0.240. The van der Waals surface area contributed by atoms with E-state index in [-0.39, 0.29) is 5.41 Å². The maximum absolute atomic E-state index is 4.21. The van der Waals surface area contributed by atoms with Gasteiger partial charge in [-0.3, -0.25) is 0 Å². The predicted molar refractivity (Wildman–Crippen MR) is 52.4 cm³/mol. The highest BCUT2D eigenvalue weighted by atomic mass is 14.3. The summed E-state index contributed by atoms with van der Waals surface area (Å²) in [5.41, 5.74) is 0.240. The van der Waals surface area contributed by atoms with Crippen molar-refractivity contribution >= 4 is 0 Å². The minimum Gasteiger partial charge on any atom is -0.0651 e. The van der Waals surface area contributed by atoms with Crippen LogP contribution in [0.4, 0.5) is 0 Å². The Hall–Kier alpha value is 0. The monoisotopic (exact) mass is 155 g/mol. The Labute approximate surface area is 72.4 Å². The quantitative estimate of drug-likeness (QED) is 0.577. The fraction of sp³-hybridized carbons (Fsp3) is 0.909. The number of hydrogen-bond donors (Lipinski definition) is 0. The molecule has 0 aliphatic heterocycles. The molecule has 0 saturated carbocycles. The van der Waals surface area contributed by atoms with Crippen LogP contribution in [-0.2, 0) is 0 Å². The molecule has 0 heterocycles. The average Bonchev–Trinajstić information content (AvgIpc) is 1.86. The van der Waals surface area contributed by atoms with Gasteiger partial charge in [-0.2, -0.15) is 0 Å². The lowest BCUT2D eigenvalue weighted by Crippen LogP contribution is -2.26. The van der Waals surface area contributed by atoms with Crippen molar-refractivity contribution in [1.82, 2.24) is 0 Å². The Morgan fingerprint density at radius 2 is 1.64 bits per heavy atom. The molecule has 1 radical (unpaired) electrons. The van der Waals surface area contributed by atoms with E-state index in [0.717, 1.165) is 11.8 Å². The van der Waals surface area contributed by atoms with Crippen LogP contribution in [0.3, 0.4) is 0 Å². The van der Waals surface area contributed by atoms with Gasteiger partial charge in [-0.05, 0) is 24.2 Å². The lowest BCUT2D eigenvalue weighted by molar-refractivity contribution is 0.185. The molecule has 0 aliphatic carbocycles. The summed E-state index contributed by atoms with van der Waals surface area (Å²) in [7, 11) is 0. The van der Waals surface area contributed by atoms with Gasteiger partial charge in [0.25, 0.3) is 0 Å². The van der Waals surface area contributed by atoms with Crippen LogP contribution in [0.2, 0.25) is 0 Å². The van der Waals surface area contributed by atoms with Crippen LogP contribution in [0.5, 0.6) is 0 Å². The minimum atomic E-state index is 0.240. The molecule has 0 aliphatic rings. The first-order valence-electron chi connectivity index (χ1n) is 4.78. The van der Waals surface area contributed by atoms with Crippen LogP contribution < -0.4 is 0 Å². The highest BCUT2D eigenvalue weighted by molar-refractivity contribution is 4.82. The molecule has 0 amide bonds. The van der Waals surface area contributed by atoms with E-state index in [9.17, 15) is 0 Å². The summed E-state index contributed by atoms with van der Waals surface area (Å²) in [5.74, 6) is 1.58. The topological polar surface area (TPSA) is 0 Å². The summed E-state index contributed by atoms with van der Waals surface area (Å²) in [6, 6.07) is 0. The number of hydrogen-bond acceptors (Lipinski definition) is 0. The van der Waals surface area contributed by atoms with Crippen molar-refractivity contribution in [2.45, 2.75) is 47.5 Å². The molecule has 2 unspecified atom stereocenters. The molecular formula is C11H23. The normalized spacial score (nSPS) is 18.0. The van der Waals surface area contributed by atoms with E-state index in [2.05, 4.69) is 41.5 Å². The van der Waals surface area contributed by atoms with Gasteiger partial charge in [0, 0.05) is 0 Å². The van der Waals surface area contributed by atoms with Crippen LogP contribution in [0, 0.1) is 24.2 Å². The van der Waals surface area contributed by atoms with Crippen LogP contribution in [0.15, 0.2) is 0 Å². The van der Waals surface area contributed by atoms with Gasteiger partial charge in [0.15, 0.2) is 0 Å². The van der Waals surface area contributed by atoms with Crippen LogP contribution in [0.1, 0.15) is 47.5 Å². The molecule has 0 aromatic rings. The summed E-state index contributed by atoms with van der Waals surface area (Å²) < 4.78 is 0. The summed E-state index contributed by atoms with van der Waals surface area (Å²) in [4.78, 5) is 0. The molecular weight excluding hydrogens is 132 g/mol. The van der Waals surface area contributed by atoms with E-state index in [4.69, 9.17) is 0 Å². The van der Waals surface area contributed by atoms with Crippen molar-refractivity contribution in [2.75, 3.05) is 0 Å². The molecule has 0 heteroatoms. The van der Waals surface area contributed by atoms with Gasteiger partial charge in [-0.15, -0.1) is 0 Å². The highest BCUT2D eigenvalue weighted by Crippen LogP contribution is 2.35. The van der Waals surface area contributed by atoms with Gasteiger partial charge in [0.2, 0.25) is 0 Å². The van der Waals surface area contributed by atoms with Gasteiger partial charge in [0.1, 0.15) is 0 Å². The van der Waals surface area contributed by atoms with E-state index < -0.39 is 0 Å². The van der Waals surface area contributed by atoms with E-state index in [1.54, 1.807) is 0 Å². The second-order valence-electron chi connectivity index (χ2n) is 4.39. The van der Waals surface area contributed by atoms with Gasteiger partial charge in [-0.1, -0.05) is 47.5 Å². The summed E-state index contributed by atoms with van der Waals surface area (Å²) in [6.45, 7) is 15.6. The second-order valence-corrected chi connectivity index (χ2v) is 4.39. The third-order valence-electron chi connectivity index (χ3n) is 2.77. The summed E-state index contributed by atoms with van der Waals surface area (Å²) in [5, 5.41) is 0. The lowest BCUT2D eigenvalue weighted by Gasteiger charge is -2.34. The lowest BCUT2D eigenvalue weighted by atomic mass is 9.71. The van der Waals surface area contributed by atoms with Crippen molar-refractivity contribution in [3.05, 3.63) is 6.92 Å². The zero-order valence-electron chi connectivity index (χ0n) is 8.78. The molecule has 0 saturated heterocycles. The van der Waals surface area contributed by atoms with Crippen molar-refractivity contribution < 1.29 is 0 Å². The van der Waals surface area contributed by atoms with Gasteiger partial charge >= 0.3 is 0 Å². The first-order chi connectivity index (χ1) is 4.93. The molecule has 0 nitrogen and oxygen atoms in total. The molecule has 2 atom stereocenters. The second kappa shape index (κ2) is 4.13. The maximum atomic E-state index is 4.21. The third kappa shape index (κ3) is 3.27. The Morgan fingerprint density at radius 1 is 1.18 bits per heavy atom. The molecule has 0 aromatic carbocycles. The molecule has 0 rings (SSSR count). The van der Waals surface area contributed by atoms with Crippen LogP contribution in [-0.4, -0.2) is 0 Å². The first-order valence-corrected chi connectivity index (χ1v) is 4.78. The van der Waals surface area contributed by atoms with Crippen molar-refractivity contribution in [1.29, 1.82) is 0 Å². The Kier molecular flexibility index (Phi) is 4.13. The third-order valence-corrected chi connectivity index (χ3v) is 2.77. The Balaban J connectivity index is 4.16. The van der Waals surface area contributed by atoms with E-state index in [1.807, 2.05) is 0 Å². The van der Waals surface area contributed by atoms with Crippen molar-refractivity contribution in [2.24, 2.45) is 17.3 Å².